The molecule has 0 atom stereocenters. The van der Waals surface area contributed by atoms with E-state index in [-0.39, 0.29) is 18.3 Å². The van der Waals surface area contributed by atoms with Gasteiger partial charge in [0.15, 0.2) is 11.5 Å². The summed E-state index contributed by atoms with van der Waals surface area (Å²) in [5.74, 6) is 1.01. The number of methoxy groups -OCH3 is 1. The van der Waals surface area contributed by atoms with Crippen LogP contribution in [0.5, 0.6) is 11.5 Å². The highest BCUT2D eigenvalue weighted by molar-refractivity contribution is 9.10. The zero-order valence-corrected chi connectivity index (χ0v) is 14.7. The Labute approximate surface area is 140 Å². The van der Waals surface area contributed by atoms with Gasteiger partial charge < -0.3 is 20.5 Å². The number of halogens is 2. The van der Waals surface area contributed by atoms with Crippen molar-refractivity contribution >= 4 is 34.2 Å². The van der Waals surface area contributed by atoms with E-state index in [1.807, 2.05) is 6.92 Å². The van der Waals surface area contributed by atoms with E-state index in [9.17, 15) is 4.79 Å². The highest BCUT2D eigenvalue weighted by atomic mass is 79.9. The van der Waals surface area contributed by atoms with Gasteiger partial charge in [-0.3, -0.25) is 4.79 Å². The molecule has 0 saturated carbocycles. The van der Waals surface area contributed by atoms with Gasteiger partial charge in [0.05, 0.1) is 18.2 Å². The number of nitrogens with two attached hydrogens (primary N) is 1. The fourth-order valence-electron chi connectivity index (χ4n) is 1.71. The molecule has 1 aromatic rings. The van der Waals surface area contributed by atoms with Gasteiger partial charge in [-0.1, -0.05) is 0 Å². The van der Waals surface area contributed by atoms with Gasteiger partial charge in [0.2, 0.25) is 0 Å². The Morgan fingerprint density at radius 1 is 1.38 bits per heavy atom. The molecule has 0 radical (unpaired) electrons. The number of carbonyl (C=O) groups excluding carboxylic acids is 1. The summed E-state index contributed by atoms with van der Waals surface area (Å²) in [6.45, 7) is 3.67. The third-order valence-electron chi connectivity index (χ3n) is 2.70. The molecular formula is C14H22BrClN2O3. The van der Waals surface area contributed by atoms with Crippen molar-refractivity contribution in [3.05, 3.63) is 22.2 Å². The van der Waals surface area contributed by atoms with Crippen LogP contribution in [0.1, 0.15) is 30.1 Å². The first kappa shape index (κ1) is 20.0. The Morgan fingerprint density at radius 2 is 2.10 bits per heavy atom. The lowest BCUT2D eigenvalue weighted by molar-refractivity contribution is 0.0952. The van der Waals surface area contributed by atoms with Crippen molar-refractivity contribution in [1.82, 2.24) is 5.32 Å². The number of carbonyl (C=O) groups is 1. The maximum Gasteiger partial charge on any atom is 0.251 e. The SMILES string of the molecule is CCOc1c(Br)cc(C(=O)NCCCCN)cc1OC.Cl. The van der Waals surface area contributed by atoms with Gasteiger partial charge in [0.25, 0.3) is 5.91 Å². The highest BCUT2D eigenvalue weighted by Crippen LogP contribution is 2.36. The van der Waals surface area contributed by atoms with Crippen molar-refractivity contribution in [3.63, 3.8) is 0 Å². The van der Waals surface area contributed by atoms with Gasteiger partial charge in [-0.25, -0.2) is 0 Å². The zero-order chi connectivity index (χ0) is 15.0. The number of unbranched alkanes of at least 4 members (excludes halogenated alkanes) is 1. The van der Waals surface area contributed by atoms with Crippen molar-refractivity contribution in [2.75, 3.05) is 26.8 Å². The maximum atomic E-state index is 12.0. The Balaban J connectivity index is 0.00000400. The summed E-state index contributed by atoms with van der Waals surface area (Å²) in [6, 6.07) is 3.40. The van der Waals surface area contributed by atoms with Crippen LogP contribution in [0.4, 0.5) is 0 Å². The third-order valence-corrected chi connectivity index (χ3v) is 3.29. The number of nitrogens with one attached hydrogen (secondary N) is 1. The minimum Gasteiger partial charge on any atom is -0.493 e. The van der Waals surface area contributed by atoms with Crippen LogP contribution in [-0.4, -0.2) is 32.7 Å². The smallest absolute Gasteiger partial charge is 0.251 e. The zero-order valence-electron chi connectivity index (χ0n) is 12.3. The van der Waals surface area contributed by atoms with Crippen LogP contribution in [0.15, 0.2) is 16.6 Å². The first-order valence-corrected chi connectivity index (χ1v) is 7.41. The standard InChI is InChI=1S/C14H21BrN2O3.ClH/c1-3-20-13-11(15)8-10(9-12(13)19-2)14(18)17-7-5-4-6-16;/h8-9H,3-7,16H2,1-2H3,(H,17,18);1H. The topological polar surface area (TPSA) is 73.6 Å². The molecule has 0 unspecified atom stereocenters. The third kappa shape index (κ3) is 6.11. The first-order chi connectivity index (χ1) is 9.63. The molecule has 120 valence electrons. The molecule has 0 aliphatic carbocycles. The molecule has 1 rings (SSSR count). The summed E-state index contributed by atoms with van der Waals surface area (Å²) in [7, 11) is 1.55. The Bertz CT molecular complexity index is 458. The summed E-state index contributed by atoms with van der Waals surface area (Å²) in [5.41, 5.74) is 5.94. The fraction of sp³-hybridized carbons (Fsp3) is 0.500. The lowest BCUT2D eigenvalue weighted by Gasteiger charge is -2.13. The second-order valence-electron chi connectivity index (χ2n) is 4.17. The predicted molar refractivity (Wildman–Crippen MR) is 89.7 cm³/mol. The van der Waals surface area contributed by atoms with Crippen LogP contribution in [0, 0.1) is 0 Å². The van der Waals surface area contributed by atoms with E-state index in [2.05, 4.69) is 21.2 Å². The Kier molecular flexibility index (Phi) is 10.2. The van der Waals surface area contributed by atoms with Crippen LogP contribution in [0.3, 0.4) is 0 Å². The van der Waals surface area contributed by atoms with Crippen LogP contribution >= 0.6 is 28.3 Å². The number of ether oxygens (including phenoxy) is 2. The molecule has 0 aromatic heterocycles. The van der Waals surface area contributed by atoms with Crippen molar-refractivity contribution in [1.29, 1.82) is 0 Å². The average Bonchev–Trinajstić information content (AvgIpc) is 2.45. The first-order valence-electron chi connectivity index (χ1n) is 6.62. The van der Waals surface area contributed by atoms with Crippen molar-refractivity contribution in [3.8, 4) is 11.5 Å². The molecule has 1 amide bonds. The van der Waals surface area contributed by atoms with Gasteiger partial charge in [0, 0.05) is 12.1 Å². The normalized spacial score (nSPS) is 9.71. The maximum absolute atomic E-state index is 12.0. The summed E-state index contributed by atoms with van der Waals surface area (Å²) in [5, 5.41) is 2.85. The van der Waals surface area contributed by atoms with Crippen LogP contribution in [0.2, 0.25) is 0 Å². The molecule has 0 heterocycles. The van der Waals surface area contributed by atoms with Crippen molar-refractivity contribution in [2.24, 2.45) is 5.73 Å². The van der Waals surface area contributed by atoms with E-state index < -0.39 is 0 Å². The van der Waals surface area contributed by atoms with Gasteiger partial charge in [-0.05, 0) is 54.4 Å². The molecule has 5 nitrogen and oxygen atoms in total. The van der Waals surface area contributed by atoms with Gasteiger partial charge in [-0.15, -0.1) is 12.4 Å². The molecule has 0 saturated heterocycles. The number of benzene rings is 1. The molecule has 0 aliphatic rings. The lowest BCUT2D eigenvalue weighted by Crippen LogP contribution is -2.25. The molecule has 0 aliphatic heterocycles. The predicted octanol–water partition coefficient (Wildman–Crippen LogP) is 2.75. The quantitative estimate of drug-likeness (QED) is 0.679. The fourth-order valence-corrected chi connectivity index (χ4v) is 2.27. The summed E-state index contributed by atoms with van der Waals surface area (Å²) in [4.78, 5) is 12.0. The Morgan fingerprint density at radius 3 is 2.67 bits per heavy atom. The van der Waals surface area contributed by atoms with Crippen LogP contribution in [-0.2, 0) is 0 Å². The molecular weight excluding hydrogens is 360 g/mol. The largest absolute Gasteiger partial charge is 0.493 e. The monoisotopic (exact) mass is 380 g/mol. The van der Waals surface area contributed by atoms with Gasteiger partial charge >= 0.3 is 0 Å². The average molecular weight is 382 g/mol. The van der Waals surface area contributed by atoms with E-state index in [1.54, 1.807) is 19.2 Å². The van der Waals surface area contributed by atoms with E-state index in [4.69, 9.17) is 15.2 Å². The van der Waals surface area contributed by atoms with E-state index >= 15 is 0 Å². The Hall–Kier alpha value is -0.980. The molecule has 0 fully saturated rings. The van der Waals surface area contributed by atoms with E-state index in [0.717, 1.165) is 12.8 Å². The molecule has 7 heteroatoms. The van der Waals surface area contributed by atoms with Gasteiger partial charge in [0.1, 0.15) is 0 Å². The highest BCUT2D eigenvalue weighted by Gasteiger charge is 2.15. The van der Waals surface area contributed by atoms with Crippen molar-refractivity contribution in [2.45, 2.75) is 19.8 Å². The number of hydrogen-bond donors (Lipinski definition) is 2. The molecule has 3 N–H and O–H groups in total. The molecule has 0 spiro atoms. The van der Waals surface area contributed by atoms with Crippen LogP contribution in [0.25, 0.3) is 0 Å². The second-order valence-corrected chi connectivity index (χ2v) is 5.03. The molecule has 21 heavy (non-hydrogen) atoms. The molecule has 0 bridgehead atoms. The minimum absolute atomic E-state index is 0. The molecule has 1 aromatic carbocycles. The van der Waals surface area contributed by atoms with Crippen molar-refractivity contribution < 1.29 is 14.3 Å². The van der Waals surface area contributed by atoms with Crippen LogP contribution < -0.4 is 20.5 Å². The number of hydrogen-bond acceptors (Lipinski definition) is 4. The summed E-state index contributed by atoms with van der Waals surface area (Å²) < 4.78 is 11.4. The lowest BCUT2D eigenvalue weighted by atomic mass is 10.2. The minimum atomic E-state index is -0.135. The van der Waals surface area contributed by atoms with E-state index in [0.29, 0.717) is 41.2 Å². The number of amides is 1. The van der Waals surface area contributed by atoms with E-state index in [1.165, 1.54) is 0 Å². The van der Waals surface area contributed by atoms with Gasteiger partial charge in [-0.2, -0.15) is 0 Å². The second kappa shape index (κ2) is 10.7. The summed E-state index contributed by atoms with van der Waals surface area (Å²) >= 11 is 3.40. The summed E-state index contributed by atoms with van der Waals surface area (Å²) in [6.07, 6.45) is 1.77. The number of rotatable bonds is 8.